The normalized spacial score (nSPS) is 47.2. The highest BCUT2D eigenvalue weighted by Gasteiger charge is 2.60. The fourth-order valence-corrected chi connectivity index (χ4v) is 7.85. The van der Waals surface area contributed by atoms with Gasteiger partial charge in [0.05, 0.1) is 0 Å². The van der Waals surface area contributed by atoms with Gasteiger partial charge in [-0.05, 0) is 73.0 Å². The largest absolute Gasteiger partial charge is 0.462 e. The molecule has 4 aliphatic rings. The number of hydrogen-bond acceptors (Lipinski definition) is 3. The number of hydrogen-bond donors (Lipinski definition) is 1. The number of rotatable bonds is 2. The van der Waals surface area contributed by atoms with Gasteiger partial charge in [-0.15, -0.1) is 0 Å². The van der Waals surface area contributed by atoms with E-state index in [0.29, 0.717) is 17.9 Å². The molecule has 3 saturated carbocycles. The highest BCUT2D eigenvalue weighted by molar-refractivity contribution is 5.73. The zero-order valence-electron chi connectivity index (χ0n) is 18.2. The highest BCUT2D eigenvalue weighted by Crippen LogP contribution is 2.65. The summed E-state index contributed by atoms with van der Waals surface area (Å²) in [6.45, 7) is 10.4. The van der Waals surface area contributed by atoms with E-state index < -0.39 is 0 Å². The molecule has 4 aliphatic carbocycles. The SMILES string of the molecule is CC(=O)N[C@@H]1[C@@H](C)C[C@H]2[C@@H]3CC=C4C[C@@H](OC(C)=O)CC[C@@]4(C)[C@@H]3CC[C@@]12C. The number of allylic oxidation sites excluding steroid dienone is 1. The van der Waals surface area contributed by atoms with Crippen LogP contribution in [0.25, 0.3) is 0 Å². The summed E-state index contributed by atoms with van der Waals surface area (Å²) in [6, 6.07) is 0.314. The molecule has 0 saturated heterocycles. The number of ether oxygens (including phenoxy) is 1. The van der Waals surface area contributed by atoms with Gasteiger partial charge in [0.15, 0.2) is 0 Å². The van der Waals surface area contributed by atoms with E-state index >= 15 is 0 Å². The van der Waals surface area contributed by atoms with E-state index in [4.69, 9.17) is 4.74 Å². The van der Waals surface area contributed by atoms with Crippen molar-refractivity contribution in [2.45, 2.75) is 91.7 Å². The molecule has 1 amide bonds. The lowest BCUT2D eigenvalue weighted by Crippen LogP contribution is -2.54. The molecule has 0 aromatic carbocycles. The number of fused-ring (bicyclic) bond motifs is 5. The first kappa shape index (κ1) is 20.0. The monoisotopic (exact) mass is 387 g/mol. The van der Waals surface area contributed by atoms with Crippen molar-refractivity contribution in [3.63, 3.8) is 0 Å². The first-order valence-corrected chi connectivity index (χ1v) is 11.3. The molecule has 28 heavy (non-hydrogen) atoms. The van der Waals surface area contributed by atoms with Gasteiger partial charge in [-0.2, -0.15) is 0 Å². The van der Waals surface area contributed by atoms with Gasteiger partial charge in [-0.1, -0.05) is 32.4 Å². The van der Waals surface area contributed by atoms with Crippen LogP contribution in [0, 0.1) is 34.5 Å². The van der Waals surface area contributed by atoms with E-state index in [9.17, 15) is 9.59 Å². The van der Waals surface area contributed by atoms with Gasteiger partial charge < -0.3 is 10.1 Å². The topological polar surface area (TPSA) is 55.4 Å². The van der Waals surface area contributed by atoms with Crippen molar-refractivity contribution in [3.8, 4) is 0 Å². The van der Waals surface area contributed by atoms with Crippen LogP contribution in [0.4, 0.5) is 0 Å². The summed E-state index contributed by atoms with van der Waals surface area (Å²) >= 11 is 0. The second-order valence-electron chi connectivity index (χ2n) is 10.7. The molecule has 4 nitrogen and oxygen atoms in total. The number of carbonyl (C=O) groups excluding carboxylic acids is 2. The van der Waals surface area contributed by atoms with Crippen LogP contribution < -0.4 is 5.32 Å². The maximum Gasteiger partial charge on any atom is 0.302 e. The van der Waals surface area contributed by atoms with Crippen LogP contribution in [0.3, 0.4) is 0 Å². The first-order chi connectivity index (χ1) is 13.1. The maximum atomic E-state index is 11.8. The standard InChI is InChI=1S/C24H37NO3/c1-14-12-21-19-7-6-17-13-18(28-16(3)27)8-10-23(17,4)20(19)9-11-24(21,5)22(14)25-15(2)26/h6,14,18-22H,7-13H2,1-5H3,(H,25,26)/t14-,18-,19+,20+,21-,22+,23+,24+/m0/s1. The van der Waals surface area contributed by atoms with E-state index in [2.05, 4.69) is 32.2 Å². The second-order valence-corrected chi connectivity index (χ2v) is 10.7. The Kier molecular flexibility index (Phi) is 4.91. The molecule has 156 valence electrons. The highest BCUT2D eigenvalue weighted by atomic mass is 16.5. The number of esters is 1. The summed E-state index contributed by atoms with van der Waals surface area (Å²) in [5, 5.41) is 3.31. The summed E-state index contributed by atoms with van der Waals surface area (Å²) in [6.07, 6.45) is 10.5. The first-order valence-electron chi connectivity index (χ1n) is 11.3. The van der Waals surface area contributed by atoms with Crippen LogP contribution in [0.15, 0.2) is 11.6 Å². The van der Waals surface area contributed by atoms with Crippen molar-refractivity contribution < 1.29 is 14.3 Å². The Morgan fingerprint density at radius 2 is 1.89 bits per heavy atom. The summed E-state index contributed by atoms with van der Waals surface area (Å²) in [5.41, 5.74) is 2.03. The number of amides is 1. The van der Waals surface area contributed by atoms with E-state index in [1.54, 1.807) is 12.5 Å². The van der Waals surface area contributed by atoms with Crippen LogP contribution in [-0.4, -0.2) is 24.0 Å². The van der Waals surface area contributed by atoms with Gasteiger partial charge in [-0.25, -0.2) is 0 Å². The average molecular weight is 388 g/mol. The third-order valence-electron chi connectivity index (χ3n) is 9.09. The molecule has 4 rings (SSSR count). The molecule has 4 heteroatoms. The van der Waals surface area contributed by atoms with E-state index in [1.807, 2.05) is 0 Å². The smallest absolute Gasteiger partial charge is 0.302 e. The maximum absolute atomic E-state index is 11.8. The molecule has 0 aromatic rings. The van der Waals surface area contributed by atoms with E-state index in [-0.39, 0.29) is 28.8 Å². The van der Waals surface area contributed by atoms with Crippen LogP contribution >= 0.6 is 0 Å². The molecule has 0 bridgehead atoms. The van der Waals surface area contributed by atoms with Gasteiger partial charge in [0.1, 0.15) is 6.10 Å². The summed E-state index contributed by atoms with van der Waals surface area (Å²) in [7, 11) is 0. The summed E-state index contributed by atoms with van der Waals surface area (Å²) in [5.74, 6) is 2.66. The molecule has 3 fully saturated rings. The molecular weight excluding hydrogens is 350 g/mol. The Morgan fingerprint density at radius 3 is 2.57 bits per heavy atom. The predicted molar refractivity (Wildman–Crippen MR) is 109 cm³/mol. The van der Waals surface area contributed by atoms with Gasteiger partial charge in [0.2, 0.25) is 5.91 Å². The molecule has 0 unspecified atom stereocenters. The lowest BCUT2D eigenvalue weighted by atomic mass is 9.48. The lowest BCUT2D eigenvalue weighted by Gasteiger charge is -2.58. The van der Waals surface area contributed by atoms with Crippen molar-refractivity contribution in [1.82, 2.24) is 5.32 Å². The number of nitrogens with one attached hydrogen (secondary N) is 1. The van der Waals surface area contributed by atoms with Gasteiger partial charge in [-0.3, -0.25) is 9.59 Å². The quantitative estimate of drug-likeness (QED) is 0.555. The van der Waals surface area contributed by atoms with Crippen molar-refractivity contribution in [3.05, 3.63) is 11.6 Å². The Morgan fingerprint density at radius 1 is 1.14 bits per heavy atom. The zero-order valence-corrected chi connectivity index (χ0v) is 18.2. The van der Waals surface area contributed by atoms with E-state index in [0.717, 1.165) is 37.5 Å². The molecule has 0 radical (unpaired) electrons. The summed E-state index contributed by atoms with van der Waals surface area (Å²) < 4.78 is 5.55. The van der Waals surface area contributed by atoms with Crippen LogP contribution in [0.2, 0.25) is 0 Å². The van der Waals surface area contributed by atoms with Gasteiger partial charge in [0, 0.05) is 26.3 Å². The number of carbonyl (C=O) groups is 2. The molecule has 0 aliphatic heterocycles. The minimum absolute atomic E-state index is 0.0675. The average Bonchev–Trinajstić information content (AvgIpc) is 2.85. The fourth-order valence-electron chi connectivity index (χ4n) is 7.85. The van der Waals surface area contributed by atoms with Gasteiger partial charge >= 0.3 is 5.97 Å². The molecule has 0 heterocycles. The van der Waals surface area contributed by atoms with Crippen molar-refractivity contribution >= 4 is 11.9 Å². The van der Waals surface area contributed by atoms with E-state index in [1.165, 1.54) is 26.2 Å². The van der Waals surface area contributed by atoms with Crippen molar-refractivity contribution in [2.24, 2.45) is 34.5 Å². The Balaban J connectivity index is 1.58. The minimum Gasteiger partial charge on any atom is -0.462 e. The van der Waals surface area contributed by atoms with Crippen LogP contribution in [0.1, 0.15) is 79.6 Å². The Labute approximate surface area is 169 Å². The van der Waals surface area contributed by atoms with Crippen LogP contribution in [0.5, 0.6) is 0 Å². The van der Waals surface area contributed by atoms with Gasteiger partial charge in [0.25, 0.3) is 0 Å². The third kappa shape index (κ3) is 3.02. The van der Waals surface area contributed by atoms with Crippen molar-refractivity contribution in [2.75, 3.05) is 0 Å². The Hall–Kier alpha value is -1.32. The van der Waals surface area contributed by atoms with Crippen LogP contribution in [-0.2, 0) is 14.3 Å². The Bertz CT molecular complexity index is 700. The lowest BCUT2D eigenvalue weighted by molar-refractivity contribution is -0.148. The molecule has 0 aromatic heterocycles. The molecule has 0 spiro atoms. The molecule has 8 atom stereocenters. The molecule has 1 N–H and O–H groups in total. The minimum atomic E-state index is -0.153. The predicted octanol–water partition coefficient (Wildman–Crippen LogP) is 4.63. The van der Waals surface area contributed by atoms with Crippen molar-refractivity contribution in [1.29, 1.82) is 0 Å². The summed E-state index contributed by atoms with van der Waals surface area (Å²) in [4.78, 5) is 23.2. The third-order valence-corrected chi connectivity index (χ3v) is 9.09. The fraction of sp³-hybridized carbons (Fsp3) is 0.833. The zero-order chi connectivity index (χ0) is 20.3. The second kappa shape index (κ2) is 6.88. The molecular formula is C24H37NO3.